The van der Waals surface area contributed by atoms with Crippen molar-refractivity contribution in [3.8, 4) is 0 Å². The van der Waals surface area contributed by atoms with Gasteiger partial charge in [0, 0.05) is 43.5 Å². The first-order valence-corrected chi connectivity index (χ1v) is 14.5. The molecular weight excluding hydrogens is 551 g/mol. The summed E-state index contributed by atoms with van der Waals surface area (Å²) in [7, 11) is 0. The molecule has 0 spiro atoms. The highest BCUT2D eigenvalue weighted by atomic mass is 19.1. The number of hydrogen-bond acceptors (Lipinski definition) is 6. The van der Waals surface area contributed by atoms with Gasteiger partial charge in [-0.1, -0.05) is 18.2 Å². The third-order valence-corrected chi connectivity index (χ3v) is 6.98. The van der Waals surface area contributed by atoms with Crippen molar-refractivity contribution >= 4 is 35.1 Å². The number of aromatic nitrogens is 1. The molecule has 4 rings (SSSR count). The van der Waals surface area contributed by atoms with Crippen molar-refractivity contribution in [2.75, 3.05) is 31.5 Å². The first-order chi connectivity index (χ1) is 20.1. The van der Waals surface area contributed by atoms with Gasteiger partial charge in [0.1, 0.15) is 22.8 Å². The van der Waals surface area contributed by atoms with E-state index in [9.17, 15) is 14.4 Å². The molecule has 0 saturated carbocycles. The maximum absolute atomic E-state index is 15.1. The Morgan fingerprint density at radius 1 is 0.860 bits per heavy atom. The third-order valence-electron chi connectivity index (χ3n) is 6.98. The Hall–Kier alpha value is -4.21. The number of amides is 3. The summed E-state index contributed by atoms with van der Waals surface area (Å²) < 4.78 is 26.0. The van der Waals surface area contributed by atoms with Crippen LogP contribution in [-0.2, 0) is 9.47 Å². The van der Waals surface area contributed by atoms with E-state index in [-0.39, 0.29) is 11.7 Å². The molecule has 1 N–H and O–H groups in total. The minimum absolute atomic E-state index is 0.176. The van der Waals surface area contributed by atoms with Gasteiger partial charge in [-0.2, -0.15) is 0 Å². The van der Waals surface area contributed by atoms with Crippen LogP contribution in [0.2, 0.25) is 0 Å². The van der Waals surface area contributed by atoms with Crippen LogP contribution in [0.5, 0.6) is 0 Å². The zero-order valence-electron chi connectivity index (χ0n) is 26.0. The summed E-state index contributed by atoms with van der Waals surface area (Å²) in [5, 5.41) is 2.79. The molecule has 0 aliphatic carbocycles. The number of pyridine rings is 1. The second-order valence-electron chi connectivity index (χ2n) is 12.8. The number of aryl methyl sites for hydroxylation is 1. The van der Waals surface area contributed by atoms with Crippen LogP contribution in [0, 0.1) is 12.7 Å². The Labute approximate surface area is 252 Å². The van der Waals surface area contributed by atoms with Crippen molar-refractivity contribution in [1.82, 2.24) is 14.8 Å². The molecule has 0 saturated heterocycles. The normalized spacial score (nSPS) is 15.8. The number of halogens is 1. The number of ether oxygens (including phenoxy) is 2. The van der Waals surface area contributed by atoms with Crippen molar-refractivity contribution in [2.24, 2.45) is 0 Å². The molecule has 9 nitrogen and oxygen atoms in total. The van der Waals surface area contributed by atoms with Crippen LogP contribution in [0.1, 0.15) is 81.4 Å². The van der Waals surface area contributed by atoms with Gasteiger partial charge in [-0.05, 0) is 102 Å². The van der Waals surface area contributed by atoms with Crippen molar-refractivity contribution in [1.29, 1.82) is 0 Å². The Balaban J connectivity index is 1.37. The number of carbonyl (C=O) groups is 3. The van der Waals surface area contributed by atoms with Gasteiger partial charge >= 0.3 is 12.2 Å². The molecule has 1 aromatic carbocycles. The minimum Gasteiger partial charge on any atom is -0.444 e. The first kappa shape index (κ1) is 31.7. The van der Waals surface area contributed by atoms with Gasteiger partial charge < -0.3 is 24.6 Å². The number of rotatable bonds is 4. The predicted molar refractivity (Wildman–Crippen MR) is 164 cm³/mol. The molecule has 43 heavy (non-hydrogen) atoms. The lowest BCUT2D eigenvalue weighted by molar-refractivity contribution is 0.0260. The molecule has 2 aliphatic heterocycles. The van der Waals surface area contributed by atoms with Crippen LogP contribution in [0.15, 0.2) is 42.6 Å². The molecule has 0 radical (unpaired) electrons. The molecule has 2 aliphatic rings. The van der Waals surface area contributed by atoms with Gasteiger partial charge in [0.25, 0.3) is 5.91 Å². The maximum Gasteiger partial charge on any atom is 0.410 e. The largest absolute Gasteiger partial charge is 0.444 e. The molecule has 10 heteroatoms. The van der Waals surface area contributed by atoms with Gasteiger partial charge in [-0.25, -0.2) is 19.0 Å². The Kier molecular flexibility index (Phi) is 9.27. The number of nitrogens with zero attached hydrogens (tertiary/aromatic N) is 3. The van der Waals surface area contributed by atoms with E-state index >= 15 is 4.39 Å². The second kappa shape index (κ2) is 12.6. The highest BCUT2D eigenvalue weighted by molar-refractivity contribution is 6.04. The Bertz CT molecular complexity index is 1470. The third kappa shape index (κ3) is 8.43. The monoisotopic (exact) mass is 592 g/mol. The second-order valence-corrected chi connectivity index (χ2v) is 12.8. The fourth-order valence-electron chi connectivity index (χ4n) is 4.81. The zero-order chi connectivity index (χ0) is 31.5. The van der Waals surface area contributed by atoms with Gasteiger partial charge in [-0.3, -0.25) is 4.79 Å². The summed E-state index contributed by atoms with van der Waals surface area (Å²) in [6, 6.07) is 6.34. The van der Waals surface area contributed by atoms with E-state index in [0.717, 1.165) is 22.3 Å². The lowest BCUT2D eigenvalue weighted by atomic mass is 9.97. The predicted octanol–water partition coefficient (Wildman–Crippen LogP) is 6.83. The molecule has 3 amide bonds. The summed E-state index contributed by atoms with van der Waals surface area (Å²) in [5.74, 6) is -0.580. The van der Waals surface area contributed by atoms with Crippen LogP contribution in [0.25, 0.3) is 11.1 Å². The molecule has 0 fully saturated rings. The quantitative estimate of drug-likeness (QED) is 0.418. The molecule has 1 aromatic heterocycles. The van der Waals surface area contributed by atoms with E-state index < -0.39 is 29.0 Å². The molecular formula is C33H41FN4O5. The number of carbonyl (C=O) groups excluding carboxylic acids is 3. The Morgan fingerprint density at radius 3 is 1.88 bits per heavy atom. The minimum atomic E-state index is -0.584. The van der Waals surface area contributed by atoms with Crippen LogP contribution in [0.4, 0.5) is 19.8 Å². The molecule has 2 aromatic rings. The standard InChI is InChI=1S/C33H41FN4O5/c1-21-18-25(22-10-14-37(15-11-22)30(40)42-32(2,3)4)20-35-28(21)36-29(39)24-8-9-26(27(34)19-24)23-12-16-38(17-13-23)31(41)43-33(5,6)7/h8-10,12,18-20H,11,13-17H2,1-7H3,(H,35,36,39). The lowest BCUT2D eigenvalue weighted by Gasteiger charge is -2.29. The number of benzene rings is 1. The fraction of sp³-hybridized carbons (Fsp3) is 0.455. The number of nitrogens with one attached hydrogen (secondary N) is 1. The molecule has 3 heterocycles. The smallest absolute Gasteiger partial charge is 0.410 e. The summed E-state index contributed by atoms with van der Waals surface area (Å²) >= 11 is 0. The average Bonchev–Trinajstić information content (AvgIpc) is 2.92. The van der Waals surface area contributed by atoms with E-state index in [2.05, 4.69) is 10.3 Å². The van der Waals surface area contributed by atoms with Crippen molar-refractivity contribution in [3.05, 3.63) is 70.7 Å². The van der Waals surface area contributed by atoms with Gasteiger partial charge in [-0.15, -0.1) is 0 Å². The van der Waals surface area contributed by atoms with E-state index in [4.69, 9.17) is 9.47 Å². The summed E-state index contributed by atoms with van der Waals surface area (Å²) in [6.07, 6.45) is 5.91. The summed E-state index contributed by atoms with van der Waals surface area (Å²) in [4.78, 5) is 45.3. The van der Waals surface area contributed by atoms with Gasteiger partial charge in [0.05, 0.1) is 0 Å². The maximum atomic E-state index is 15.1. The first-order valence-electron chi connectivity index (χ1n) is 14.5. The highest BCUT2D eigenvalue weighted by Gasteiger charge is 2.26. The lowest BCUT2D eigenvalue weighted by Crippen LogP contribution is -2.39. The average molecular weight is 593 g/mol. The summed E-state index contributed by atoms with van der Waals surface area (Å²) in [5.41, 5.74) is 2.98. The van der Waals surface area contributed by atoms with Crippen molar-refractivity contribution in [2.45, 2.75) is 72.5 Å². The molecule has 0 bridgehead atoms. The van der Waals surface area contributed by atoms with Gasteiger partial charge in [0.15, 0.2) is 0 Å². The highest BCUT2D eigenvalue weighted by Crippen LogP contribution is 2.28. The SMILES string of the molecule is Cc1cc(C2=CCN(C(=O)OC(C)(C)C)CC2)cnc1NC(=O)c1ccc(C2=CCN(C(=O)OC(C)(C)C)CC2)c(F)c1. The van der Waals surface area contributed by atoms with E-state index in [1.54, 1.807) is 28.1 Å². The van der Waals surface area contributed by atoms with Crippen LogP contribution in [-0.4, -0.2) is 70.3 Å². The van der Waals surface area contributed by atoms with E-state index in [1.165, 1.54) is 6.07 Å². The fourth-order valence-corrected chi connectivity index (χ4v) is 4.81. The molecule has 230 valence electrons. The Morgan fingerprint density at radius 2 is 1.42 bits per heavy atom. The van der Waals surface area contributed by atoms with Crippen LogP contribution in [0.3, 0.4) is 0 Å². The molecule has 0 atom stereocenters. The zero-order valence-corrected chi connectivity index (χ0v) is 26.0. The van der Waals surface area contributed by atoms with Crippen molar-refractivity contribution < 1.29 is 28.2 Å². The van der Waals surface area contributed by atoms with E-state index in [1.807, 2.05) is 66.7 Å². The summed E-state index contributed by atoms with van der Waals surface area (Å²) in [6.45, 7) is 14.5. The van der Waals surface area contributed by atoms with Crippen molar-refractivity contribution in [3.63, 3.8) is 0 Å². The van der Waals surface area contributed by atoms with Gasteiger partial charge in [0.2, 0.25) is 0 Å². The number of anilines is 1. The van der Waals surface area contributed by atoms with Crippen LogP contribution < -0.4 is 5.32 Å². The molecule has 0 unspecified atom stereocenters. The van der Waals surface area contributed by atoms with E-state index in [0.29, 0.717) is 50.4 Å². The topological polar surface area (TPSA) is 101 Å². The number of hydrogen-bond donors (Lipinski definition) is 1. The van der Waals surface area contributed by atoms with Crippen LogP contribution >= 0.6 is 0 Å².